The fourth-order valence-corrected chi connectivity index (χ4v) is 2.11. The van der Waals surface area contributed by atoms with E-state index in [4.69, 9.17) is 16.2 Å². The van der Waals surface area contributed by atoms with Crippen LogP contribution in [0.2, 0.25) is 0 Å². The number of nitrogens with one attached hydrogen (secondary N) is 1. The monoisotopic (exact) mass is 312 g/mol. The van der Waals surface area contributed by atoms with Crippen LogP contribution in [0.5, 0.6) is 0 Å². The largest absolute Gasteiger partial charge is 0.478 e. The molecular formula is C17H20N4O2. The van der Waals surface area contributed by atoms with E-state index >= 15 is 0 Å². The molecule has 0 aliphatic rings. The average molecular weight is 312 g/mol. The Morgan fingerprint density at radius 3 is 2.35 bits per heavy atom. The van der Waals surface area contributed by atoms with Gasteiger partial charge in [-0.15, -0.1) is 5.53 Å². The van der Waals surface area contributed by atoms with E-state index in [0.29, 0.717) is 5.56 Å². The second-order valence-corrected chi connectivity index (χ2v) is 4.99. The van der Waals surface area contributed by atoms with Crippen LogP contribution >= 0.6 is 0 Å². The van der Waals surface area contributed by atoms with Gasteiger partial charge in [0.25, 0.3) is 0 Å². The molecule has 0 radical (unpaired) electrons. The zero-order valence-electron chi connectivity index (χ0n) is 13.1. The Balaban J connectivity index is 0.000000816. The van der Waals surface area contributed by atoms with E-state index in [2.05, 4.69) is 18.0 Å². The van der Waals surface area contributed by atoms with Crippen LogP contribution in [0.4, 0.5) is 0 Å². The van der Waals surface area contributed by atoms with Crippen LogP contribution in [0.1, 0.15) is 42.1 Å². The summed E-state index contributed by atoms with van der Waals surface area (Å²) in [5.74, 6) is -0.907. The summed E-state index contributed by atoms with van der Waals surface area (Å²) in [6.07, 6.45) is 6.65. The summed E-state index contributed by atoms with van der Waals surface area (Å²) < 4.78 is 0. The van der Waals surface area contributed by atoms with Gasteiger partial charge < -0.3 is 5.11 Å². The maximum Gasteiger partial charge on any atom is 0.335 e. The Morgan fingerprint density at radius 1 is 1.22 bits per heavy atom. The molecular weight excluding hydrogens is 292 g/mol. The molecule has 0 aliphatic heterocycles. The second kappa shape index (κ2) is 9.97. The van der Waals surface area contributed by atoms with Crippen molar-refractivity contribution in [1.82, 2.24) is 4.98 Å². The molecule has 2 rings (SSSR count). The van der Waals surface area contributed by atoms with E-state index in [1.54, 1.807) is 29.2 Å². The number of carboxylic acids is 1. The highest BCUT2D eigenvalue weighted by atomic mass is 16.4. The van der Waals surface area contributed by atoms with Crippen molar-refractivity contribution in [3.8, 4) is 11.3 Å². The molecule has 0 atom stereocenters. The summed E-state index contributed by atoms with van der Waals surface area (Å²) in [4.78, 5) is 17.0. The molecule has 120 valence electrons. The van der Waals surface area contributed by atoms with Crippen LogP contribution in [0.15, 0.2) is 42.6 Å². The number of unbranched alkanes of at least 4 members (excludes halogenated alkanes) is 2. The predicted molar refractivity (Wildman–Crippen MR) is 89.3 cm³/mol. The number of nitrogens with zero attached hydrogens (tertiary/aromatic N) is 3. The van der Waals surface area contributed by atoms with Crippen LogP contribution < -0.4 is 0 Å². The third-order valence-electron chi connectivity index (χ3n) is 3.32. The van der Waals surface area contributed by atoms with Crippen LogP contribution in [-0.2, 0) is 6.42 Å². The maximum absolute atomic E-state index is 10.8. The van der Waals surface area contributed by atoms with E-state index in [0.717, 1.165) is 17.7 Å². The number of hydrogen-bond donors (Lipinski definition) is 2. The quantitative estimate of drug-likeness (QED) is 0.336. The molecule has 23 heavy (non-hydrogen) atoms. The van der Waals surface area contributed by atoms with Crippen molar-refractivity contribution in [2.75, 3.05) is 0 Å². The average Bonchev–Trinajstić information content (AvgIpc) is 2.57. The minimum atomic E-state index is -0.907. The lowest BCUT2D eigenvalue weighted by molar-refractivity contribution is 0.0697. The van der Waals surface area contributed by atoms with Crippen LogP contribution in [0.25, 0.3) is 21.7 Å². The number of carbonyl (C=O) groups is 1. The number of aryl methyl sites for hydroxylation is 1. The molecule has 2 N–H and O–H groups in total. The highest BCUT2D eigenvalue weighted by Crippen LogP contribution is 2.18. The number of rotatable bonds is 6. The Kier molecular flexibility index (Phi) is 7.89. The number of aromatic carboxylic acids is 1. The highest BCUT2D eigenvalue weighted by Gasteiger charge is 2.04. The van der Waals surface area contributed by atoms with Gasteiger partial charge in [0.05, 0.1) is 11.3 Å². The molecule has 0 fully saturated rings. The van der Waals surface area contributed by atoms with E-state index in [9.17, 15) is 4.79 Å². The minimum absolute atomic E-state index is 0.296. The van der Waals surface area contributed by atoms with Gasteiger partial charge in [-0.25, -0.2) is 4.79 Å². The van der Waals surface area contributed by atoms with Crippen molar-refractivity contribution in [1.29, 1.82) is 5.53 Å². The Morgan fingerprint density at radius 2 is 1.87 bits per heavy atom. The Hall–Kier alpha value is -2.85. The summed E-state index contributed by atoms with van der Waals surface area (Å²) in [5.41, 5.74) is 15.6. The second-order valence-electron chi connectivity index (χ2n) is 4.99. The number of carboxylic acid groups (broad SMARTS) is 1. The summed E-state index contributed by atoms with van der Waals surface area (Å²) in [6, 6.07) is 10.9. The summed E-state index contributed by atoms with van der Waals surface area (Å²) in [5, 5.41) is 8.87. The molecule has 0 saturated heterocycles. The normalized spacial score (nSPS) is 9.43. The third kappa shape index (κ3) is 6.20. The van der Waals surface area contributed by atoms with E-state index in [1.165, 1.54) is 24.8 Å². The maximum atomic E-state index is 10.8. The van der Waals surface area contributed by atoms with Gasteiger partial charge in [-0.1, -0.05) is 38.0 Å². The molecule has 1 aromatic carbocycles. The molecule has 0 aliphatic carbocycles. The first-order valence-electron chi connectivity index (χ1n) is 7.41. The lowest BCUT2D eigenvalue weighted by Crippen LogP contribution is -1.95. The van der Waals surface area contributed by atoms with Gasteiger partial charge in [-0.2, -0.15) is 0 Å². The van der Waals surface area contributed by atoms with Gasteiger partial charge in [0, 0.05) is 11.8 Å². The van der Waals surface area contributed by atoms with Crippen molar-refractivity contribution in [2.45, 2.75) is 32.6 Å². The molecule has 0 spiro atoms. The highest BCUT2D eigenvalue weighted by molar-refractivity contribution is 5.88. The van der Waals surface area contributed by atoms with Crippen molar-refractivity contribution in [3.63, 3.8) is 0 Å². The van der Waals surface area contributed by atoms with Crippen molar-refractivity contribution < 1.29 is 9.90 Å². The molecule has 6 heteroatoms. The summed E-state index contributed by atoms with van der Waals surface area (Å²) in [6.45, 7) is 2.20. The summed E-state index contributed by atoms with van der Waals surface area (Å²) >= 11 is 0. The zero-order valence-corrected chi connectivity index (χ0v) is 13.1. The predicted octanol–water partition coefficient (Wildman–Crippen LogP) is 5.05. The number of benzene rings is 1. The standard InChI is InChI=1S/C17H19NO2.HN3/c1-2-3-4-5-13-6-11-16(18-12-13)14-7-9-15(10-8-14)17(19)20;1-3-2/h6-12H,2-5H2,1H3,(H,19,20);1H. The first kappa shape index (κ1) is 18.2. The molecule has 0 unspecified atom stereocenters. The molecule has 6 nitrogen and oxygen atoms in total. The number of hydrogen-bond acceptors (Lipinski definition) is 3. The van der Waals surface area contributed by atoms with Gasteiger partial charge in [0.1, 0.15) is 0 Å². The topological polar surface area (TPSA) is 110 Å². The lowest BCUT2D eigenvalue weighted by atomic mass is 10.1. The molecule has 0 amide bonds. The van der Waals surface area contributed by atoms with E-state index < -0.39 is 5.97 Å². The minimum Gasteiger partial charge on any atom is -0.478 e. The first-order chi connectivity index (χ1) is 11.1. The SMILES string of the molecule is CCCCCc1ccc(-c2ccc(C(=O)O)cc2)nc1.[N-]=[N+]=N. The molecule has 0 saturated carbocycles. The Labute approximate surface area is 135 Å². The lowest BCUT2D eigenvalue weighted by Gasteiger charge is -2.04. The third-order valence-corrected chi connectivity index (χ3v) is 3.32. The zero-order chi connectivity index (χ0) is 17.1. The smallest absolute Gasteiger partial charge is 0.335 e. The van der Waals surface area contributed by atoms with Crippen LogP contribution in [-0.4, -0.2) is 16.1 Å². The molecule has 1 heterocycles. The van der Waals surface area contributed by atoms with Crippen LogP contribution in [0.3, 0.4) is 0 Å². The molecule has 1 aromatic heterocycles. The van der Waals surface area contributed by atoms with Crippen molar-refractivity contribution in [3.05, 3.63) is 64.2 Å². The first-order valence-corrected chi connectivity index (χ1v) is 7.41. The van der Waals surface area contributed by atoms with Gasteiger partial charge in [0.15, 0.2) is 0 Å². The Bertz CT molecular complexity index is 645. The van der Waals surface area contributed by atoms with Crippen molar-refractivity contribution in [2.24, 2.45) is 0 Å². The fourth-order valence-electron chi connectivity index (χ4n) is 2.11. The van der Waals surface area contributed by atoms with E-state index in [-0.39, 0.29) is 0 Å². The van der Waals surface area contributed by atoms with Gasteiger partial charge in [0.2, 0.25) is 0 Å². The fraction of sp³-hybridized carbons (Fsp3) is 0.294. The van der Waals surface area contributed by atoms with Gasteiger partial charge >= 0.3 is 5.97 Å². The van der Waals surface area contributed by atoms with Crippen molar-refractivity contribution >= 4 is 5.97 Å². The summed E-state index contributed by atoms with van der Waals surface area (Å²) in [7, 11) is 0. The van der Waals surface area contributed by atoms with Gasteiger partial charge in [-0.3, -0.25) is 4.98 Å². The van der Waals surface area contributed by atoms with Gasteiger partial charge in [-0.05, 0) is 47.0 Å². The van der Waals surface area contributed by atoms with E-state index in [1.807, 2.05) is 12.3 Å². The molecule has 2 aromatic rings. The molecule has 0 bridgehead atoms. The number of aromatic nitrogens is 1. The number of pyridine rings is 1. The van der Waals surface area contributed by atoms with Crippen LogP contribution in [0, 0.1) is 5.53 Å².